The Balaban J connectivity index is 1.45. The number of carbonyl (C=O) groups excluding carboxylic acids is 2. The Kier molecular flexibility index (Phi) is 15.5. The van der Waals surface area contributed by atoms with E-state index in [1.165, 1.54) is 48.1 Å². The molecule has 4 aromatic carbocycles. The number of hydrogen-bond donors (Lipinski definition) is 2. The fourth-order valence-corrected chi connectivity index (χ4v) is 5.38. The topological polar surface area (TPSA) is 112 Å². The van der Waals surface area contributed by atoms with Crippen molar-refractivity contribution in [2.75, 3.05) is 39.6 Å². The quantitative estimate of drug-likeness (QED) is 0.0576. The first-order valence-electron chi connectivity index (χ1n) is 17.5. The van der Waals surface area contributed by atoms with Crippen molar-refractivity contribution in [2.24, 2.45) is 0 Å². The zero-order chi connectivity index (χ0) is 36.4. The third kappa shape index (κ3) is 11.7. The van der Waals surface area contributed by atoms with Crippen molar-refractivity contribution < 1.29 is 38.7 Å². The number of rotatable bonds is 19. The molecule has 2 N–H and O–H groups in total. The summed E-state index contributed by atoms with van der Waals surface area (Å²) in [6.45, 7) is 4.88. The van der Waals surface area contributed by atoms with Gasteiger partial charge in [-0.1, -0.05) is 105 Å². The Morgan fingerprint density at radius 3 is 1.31 bits per heavy atom. The molecular weight excluding hydrogens is 644 g/mol. The van der Waals surface area contributed by atoms with Crippen LogP contribution in [0.15, 0.2) is 114 Å². The van der Waals surface area contributed by atoms with Crippen LogP contribution in [0.2, 0.25) is 0 Å². The van der Waals surface area contributed by atoms with Crippen molar-refractivity contribution >= 4 is 11.9 Å². The second-order valence-corrected chi connectivity index (χ2v) is 11.9. The predicted octanol–water partition coefficient (Wildman–Crippen LogP) is 8.14. The normalized spacial score (nSPS) is 11.6. The van der Waals surface area contributed by atoms with Gasteiger partial charge in [0.25, 0.3) is 0 Å². The number of benzene rings is 4. The molecule has 0 unspecified atom stereocenters. The number of esters is 2. The van der Waals surface area contributed by atoms with Gasteiger partial charge in [0.15, 0.2) is 0 Å². The van der Waals surface area contributed by atoms with Crippen LogP contribution in [0.5, 0.6) is 11.5 Å². The summed E-state index contributed by atoms with van der Waals surface area (Å²) >= 11 is 0. The van der Waals surface area contributed by atoms with E-state index in [0.717, 1.165) is 28.7 Å². The molecule has 8 nitrogen and oxygen atoms in total. The van der Waals surface area contributed by atoms with E-state index in [1.807, 2.05) is 24.3 Å². The standard InChI is InChI=1S/C43H48O8/c1-4-7-8-9-31-10-12-34(13-11-31)35-14-16-36(17-15-35)37-18-20-38(21-19-37)39-26-40(48-22-24-50-42(46)32(5-2)29-44)28-41(27-39)49-23-25-51-43(47)33(6-3)30-45/h5-6,10-21,26-28,44-45H,4,7-9,22-25,29-30H2,1-3H3/b32-5-,33-6-. The van der Waals surface area contributed by atoms with Gasteiger partial charge in [0, 0.05) is 6.07 Å². The van der Waals surface area contributed by atoms with Crippen molar-refractivity contribution in [2.45, 2.75) is 46.5 Å². The fraction of sp³-hybridized carbons (Fsp3) is 0.302. The second-order valence-electron chi connectivity index (χ2n) is 11.9. The van der Waals surface area contributed by atoms with Gasteiger partial charge in [-0.25, -0.2) is 9.59 Å². The van der Waals surface area contributed by atoms with Crippen molar-refractivity contribution in [3.8, 4) is 44.9 Å². The van der Waals surface area contributed by atoms with Gasteiger partial charge < -0.3 is 29.2 Å². The molecule has 0 saturated carbocycles. The van der Waals surface area contributed by atoms with Crippen molar-refractivity contribution in [3.05, 3.63) is 120 Å². The molecule has 8 heteroatoms. The molecule has 0 bridgehead atoms. The van der Waals surface area contributed by atoms with E-state index in [4.69, 9.17) is 18.9 Å². The molecule has 0 spiro atoms. The Hall–Kier alpha value is -5.18. The van der Waals surface area contributed by atoms with Crippen LogP contribution in [0.3, 0.4) is 0 Å². The van der Waals surface area contributed by atoms with Gasteiger partial charge in [-0.3, -0.25) is 0 Å². The van der Waals surface area contributed by atoms with Crippen LogP contribution >= 0.6 is 0 Å². The average Bonchev–Trinajstić information content (AvgIpc) is 3.16. The molecule has 0 heterocycles. The van der Waals surface area contributed by atoms with Crippen LogP contribution in [0.1, 0.15) is 45.6 Å². The molecule has 0 aromatic heterocycles. The minimum absolute atomic E-state index is 0.0114. The molecule has 0 atom stereocenters. The number of aryl methyl sites for hydroxylation is 1. The first kappa shape index (κ1) is 38.6. The monoisotopic (exact) mass is 692 g/mol. The molecule has 0 aliphatic carbocycles. The summed E-state index contributed by atoms with van der Waals surface area (Å²) in [6.07, 6.45) is 7.85. The summed E-state index contributed by atoms with van der Waals surface area (Å²) in [5.74, 6) is -0.206. The summed E-state index contributed by atoms with van der Waals surface area (Å²) in [7, 11) is 0. The molecule has 51 heavy (non-hydrogen) atoms. The third-order valence-corrected chi connectivity index (χ3v) is 8.41. The van der Waals surface area contributed by atoms with E-state index in [-0.39, 0.29) is 37.6 Å². The molecular formula is C43H48O8. The lowest BCUT2D eigenvalue weighted by Crippen LogP contribution is -2.16. The smallest absolute Gasteiger partial charge is 0.336 e. The maximum Gasteiger partial charge on any atom is 0.336 e. The van der Waals surface area contributed by atoms with Crippen molar-refractivity contribution in [1.29, 1.82) is 0 Å². The zero-order valence-corrected chi connectivity index (χ0v) is 29.7. The number of ether oxygens (including phenoxy) is 4. The van der Waals surface area contributed by atoms with Crippen molar-refractivity contribution in [1.82, 2.24) is 0 Å². The fourth-order valence-electron chi connectivity index (χ4n) is 5.38. The average molecular weight is 693 g/mol. The van der Waals surface area contributed by atoms with Crippen LogP contribution in [-0.2, 0) is 25.5 Å². The molecule has 0 fully saturated rings. The van der Waals surface area contributed by atoms with E-state index in [1.54, 1.807) is 19.9 Å². The van der Waals surface area contributed by atoms with Gasteiger partial charge in [-0.2, -0.15) is 0 Å². The lowest BCUT2D eigenvalue weighted by molar-refractivity contribution is -0.141. The van der Waals surface area contributed by atoms with Gasteiger partial charge in [-0.15, -0.1) is 0 Å². The number of unbranched alkanes of at least 4 members (excludes halogenated alkanes) is 2. The lowest BCUT2D eigenvalue weighted by Gasteiger charge is -2.14. The molecule has 0 radical (unpaired) electrons. The molecule has 0 saturated heterocycles. The van der Waals surface area contributed by atoms with Gasteiger partial charge >= 0.3 is 11.9 Å². The Labute approximate surface area is 301 Å². The van der Waals surface area contributed by atoms with Crippen LogP contribution in [0.4, 0.5) is 0 Å². The van der Waals surface area contributed by atoms with E-state index in [2.05, 4.69) is 67.6 Å². The summed E-state index contributed by atoms with van der Waals surface area (Å²) in [5, 5.41) is 18.6. The lowest BCUT2D eigenvalue weighted by atomic mass is 9.97. The predicted molar refractivity (Wildman–Crippen MR) is 201 cm³/mol. The number of carbonyl (C=O) groups is 2. The van der Waals surface area contributed by atoms with E-state index >= 15 is 0 Å². The van der Waals surface area contributed by atoms with Crippen LogP contribution in [0.25, 0.3) is 33.4 Å². The minimum Gasteiger partial charge on any atom is -0.490 e. The first-order chi connectivity index (χ1) is 24.9. The van der Waals surface area contributed by atoms with Crippen LogP contribution < -0.4 is 9.47 Å². The molecule has 0 amide bonds. The maximum atomic E-state index is 12.1. The zero-order valence-electron chi connectivity index (χ0n) is 29.7. The SMILES string of the molecule is C/C=C(/CO)C(=O)OCCOc1cc(OCCOC(=O)/C(=C\C)CO)cc(-c2ccc(-c3ccc(-c4ccc(CCCCC)cc4)cc3)cc2)c1. The highest BCUT2D eigenvalue weighted by Crippen LogP contribution is 2.32. The highest BCUT2D eigenvalue weighted by atomic mass is 16.6. The van der Waals surface area contributed by atoms with Crippen LogP contribution in [0, 0.1) is 0 Å². The van der Waals surface area contributed by atoms with Gasteiger partial charge in [-0.05, 0) is 77.8 Å². The second kappa shape index (κ2) is 20.5. The van der Waals surface area contributed by atoms with E-state index in [9.17, 15) is 19.8 Å². The number of hydrogen-bond acceptors (Lipinski definition) is 8. The Morgan fingerprint density at radius 1 is 0.549 bits per heavy atom. The Morgan fingerprint density at radius 2 is 0.941 bits per heavy atom. The third-order valence-electron chi connectivity index (χ3n) is 8.41. The van der Waals surface area contributed by atoms with Gasteiger partial charge in [0.05, 0.1) is 24.4 Å². The molecule has 268 valence electrons. The van der Waals surface area contributed by atoms with Gasteiger partial charge in [0.2, 0.25) is 0 Å². The van der Waals surface area contributed by atoms with Gasteiger partial charge in [0.1, 0.15) is 37.9 Å². The summed E-state index contributed by atoms with van der Waals surface area (Å²) in [6, 6.07) is 31.1. The summed E-state index contributed by atoms with van der Waals surface area (Å²) in [4.78, 5) is 24.1. The Bertz CT molecular complexity index is 1700. The first-order valence-corrected chi connectivity index (χ1v) is 17.5. The van der Waals surface area contributed by atoms with Crippen molar-refractivity contribution in [3.63, 3.8) is 0 Å². The summed E-state index contributed by atoms with van der Waals surface area (Å²) in [5.41, 5.74) is 8.07. The highest BCUT2D eigenvalue weighted by molar-refractivity contribution is 5.89. The molecule has 4 aromatic rings. The highest BCUT2D eigenvalue weighted by Gasteiger charge is 2.12. The number of allylic oxidation sites excluding steroid dienone is 2. The van der Waals surface area contributed by atoms with Crippen LogP contribution in [-0.4, -0.2) is 61.8 Å². The molecule has 0 aliphatic rings. The minimum atomic E-state index is -0.597. The van der Waals surface area contributed by atoms with E-state index < -0.39 is 25.2 Å². The maximum absolute atomic E-state index is 12.1. The van der Waals surface area contributed by atoms with E-state index in [0.29, 0.717) is 11.5 Å². The molecule has 4 rings (SSSR count). The largest absolute Gasteiger partial charge is 0.490 e. The number of aliphatic hydroxyl groups excluding tert-OH is 2. The number of aliphatic hydroxyl groups is 2. The molecule has 0 aliphatic heterocycles. The summed E-state index contributed by atoms with van der Waals surface area (Å²) < 4.78 is 22.3.